The second kappa shape index (κ2) is 6.12. The Bertz CT molecular complexity index is 383. The lowest BCUT2D eigenvalue weighted by Gasteiger charge is -2.31. The number of aliphatic carboxylic acids is 1. The minimum atomic E-state index is -0.718. The first-order valence-corrected chi connectivity index (χ1v) is 7.66. The van der Waals surface area contributed by atoms with Crippen LogP contribution >= 0.6 is 0 Å². The molecule has 5 heteroatoms. The lowest BCUT2D eigenvalue weighted by Crippen LogP contribution is -2.52. The number of nitrogens with one attached hydrogen (secondary N) is 2. The van der Waals surface area contributed by atoms with E-state index in [1.54, 1.807) is 0 Å². The number of carboxylic acids is 1. The van der Waals surface area contributed by atoms with Gasteiger partial charge in [-0.2, -0.15) is 0 Å². The van der Waals surface area contributed by atoms with Crippen molar-refractivity contribution in [1.29, 1.82) is 0 Å². The van der Waals surface area contributed by atoms with Crippen molar-refractivity contribution < 1.29 is 14.7 Å². The molecule has 0 saturated heterocycles. The molecule has 2 aliphatic carbocycles. The van der Waals surface area contributed by atoms with E-state index in [1.807, 2.05) is 6.92 Å². The van der Waals surface area contributed by atoms with Gasteiger partial charge in [0.05, 0.1) is 12.0 Å². The van der Waals surface area contributed by atoms with E-state index < -0.39 is 5.97 Å². The highest BCUT2D eigenvalue weighted by Gasteiger charge is 2.51. The Kier molecular flexibility index (Phi) is 4.68. The maximum Gasteiger partial charge on any atom is 0.308 e. The molecule has 114 valence electrons. The number of carbonyl (C=O) groups excluding carboxylic acids is 1. The number of carbonyl (C=O) groups is 2. The van der Waals surface area contributed by atoms with Crippen LogP contribution in [0.1, 0.15) is 40.0 Å². The van der Waals surface area contributed by atoms with E-state index in [2.05, 4.69) is 24.5 Å². The van der Waals surface area contributed by atoms with E-state index in [1.165, 1.54) is 0 Å². The molecule has 0 aliphatic heterocycles. The van der Waals surface area contributed by atoms with Crippen LogP contribution in [-0.4, -0.2) is 35.6 Å². The quantitative estimate of drug-likeness (QED) is 0.685. The highest BCUT2D eigenvalue weighted by molar-refractivity contribution is 5.81. The number of rotatable bonds is 6. The van der Waals surface area contributed by atoms with Gasteiger partial charge in [-0.15, -0.1) is 0 Å². The van der Waals surface area contributed by atoms with Crippen LogP contribution in [0, 0.1) is 23.7 Å². The van der Waals surface area contributed by atoms with Crippen LogP contribution in [0.3, 0.4) is 0 Å². The Balaban J connectivity index is 1.91. The number of hydrogen-bond acceptors (Lipinski definition) is 3. The SMILES string of the molecule is CC(C)CNC(=O)C(C)NC1C2CCC(C2)C1C(=O)O. The summed E-state index contributed by atoms with van der Waals surface area (Å²) in [6.07, 6.45) is 3.11. The Morgan fingerprint density at radius 3 is 2.45 bits per heavy atom. The van der Waals surface area contributed by atoms with E-state index in [-0.39, 0.29) is 23.9 Å². The maximum atomic E-state index is 12.0. The molecule has 0 aromatic rings. The molecule has 0 heterocycles. The van der Waals surface area contributed by atoms with Crippen LogP contribution in [0.15, 0.2) is 0 Å². The van der Waals surface area contributed by atoms with Gasteiger partial charge in [0.15, 0.2) is 0 Å². The standard InChI is InChI=1S/C15H26N2O3/c1-8(2)7-16-14(18)9(3)17-13-11-5-4-10(6-11)12(13)15(19)20/h8-13,17H,4-7H2,1-3H3,(H,16,18)(H,19,20). The van der Waals surface area contributed by atoms with Crippen LogP contribution in [0.5, 0.6) is 0 Å². The molecule has 5 unspecified atom stereocenters. The molecular formula is C15H26N2O3. The fraction of sp³-hybridized carbons (Fsp3) is 0.867. The molecule has 0 radical (unpaired) electrons. The molecule has 2 saturated carbocycles. The molecule has 2 rings (SSSR count). The first-order chi connectivity index (χ1) is 9.40. The van der Waals surface area contributed by atoms with Gasteiger partial charge in [0.25, 0.3) is 0 Å². The topological polar surface area (TPSA) is 78.4 Å². The summed E-state index contributed by atoms with van der Waals surface area (Å²) in [4.78, 5) is 23.4. The van der Waals surface area contributed by atoms with Crippen molar-refractivity contribution in [3.8, 4) is 0 Å². The Hall–Kier alpha value is -1.10. The third-order valence-electron chi connectivity index (χ3n) is 4.72. The van der Waals surface area contributed by atoms with Gasteiger partial charge in [-0.1, -0.05) is 13.8 Å². The third kappa shape index (κ3) is 3.14. The van der Waals surface area contributed by atoms with Crippen molar-refractivity contribution >= 4 is 11.9 Å². The predicted molar refractivity (Wildman–Crippen MR) is 76.2 cm³/mol. The molecule has 1 amide bonds. The Morgan fingerprint density at radius 2 is 1.85 bits per heavy atom. The normalized spacial score (nSPS) is 33.4. The molecule has 5 nitrogen and oxygen atoms in total. The minimum Gasteiger partial charge on any atom is -0.481 e. The monoisotopic (exact) mass is 282 g/mol. The first-order valence-electron chi connectivity index (χ1n) is 7.66. The summed E-state index contributed by atoms with van der Waals surface area (Å²) in [5.74, 6) is 0.0481. The second-order valence-electron chi connectivity index (χ2n) is 6.75. The van der Waals surface area contributed by atoms with Crippen molar-refractivity contribution in [2.24, 2.45) is 23.7 Å². The molecule has 2 bridgehead atoms. The van der Waals surface area contributed by atoms with Gasteiger partial charge in [0, 0.05) is 12.6 Å². The van der Waals surface area contributed by atoms with Crippen LogP contribution in [0.2, 0.25) is 0 Å². The van der Waals surface area contributed by atoms with Crippen molar-refractivity contribution in [3.05, 3.63) is 0 Å². The predicted octanol–water partition coefficient (Wildman–Crippen LogP) is 1.24. The van der Waals surface area contributed by atoms with Gasteiger partial charge in [-0.05, 0) is 43.9 Å². The number of fused-ring (bicyclic) bond motifs is 2. The zero-order valence-electron chi connectivity index (χ0n) is 12.6. The van der Waals surface area contributed by atoms with Gasteiger partial charge in [-0.25, -0.2) is 0 Å². The summed E-state index contributed by atoms with van der Waals surface area (Å²) >= 11 is 0. The summed E-state index contributed by atoms with van der Waals surface area (Å²) in [7, 11) is 0. The maximum absolute atomic E-state index is 12.0. The minimum absolute atomic E-state index is 0.0365. The summed E-state index contributed by atoms with van der Waals surface area (Å²) in [5.41, 5.74) is 0. The molecular weight excluding hydrogens is 256 g/mol. The van der Waals surface area contributed by atoms with Gasteiger partial charge in [0.1, 0.15) is 0 Å². The molecule has 0 spiro atoms. The second-order valence-corrected chi connectivity index (χ2v) is 6.75. The number of hydrogen-bond donors (Lipinski definition) is 3. The van der Waals surface area contributed by atoms with Crippen molar-refractivity contribution in [3.63, 3.8) is 0 Å². The third-order valence-corrected chi connectivity index (χ3v) is 4.72. The molecule has 0 aromatic heterocycles. The van der Waals surface area contributed by atoms with Gasteiger partial charge in [-0.3, -0.25) is 9.59 Å². The van der Waals surface area contributed by atoms with E-state index in [9.17, 15) is 14.7 Å². The zero-order valence-corrected chi connectivity index (χ0v) is 12.6. The van der Waals surface area contributed by atoms with E-state index in [0.717, 1.165) is 19.3 Å². The highest BCUT2D eigenvalue weighted by atomic mass is 16.4. The molecule has 5 atom stereocenters. The van der Waals surface area contributed by atoms with E-state index in [4.69, 9.17) is 0 Å². The summed E-state index contributed by atoms with van der Waals surface area (Å²) < 4.78 is 0. The largest absolute Gasteiger partial charge is 0.481 e. The van der Waals surface area contributed by atoms with Gasteiger partial charge < -0.3 is 15.7 Å². The van der Waals surface area contributed by atoms with Crippen molar-refractivity contribution in [1.82, 2.24) is 10.6 Å². The fourth-order valence-corrected chi connectivity index (χ4v) is 3.71. The molecule has 2 fully saturated rings. The lowest BCUT2D eigenvalue weighted by molar-refractivity contribution is -0.145. The van der Waals surface area contributed by atoms with Crippen LogP contribution in [-0.2, 0) is 9.59 Å². The Labute approximate surface area is 120 Å². The molecule has 20 heavy (non-hydrogen) atoms. The summed E-state index contributed by atoms with van der Waals surface area (Å²) in [5, 5.41) is 15.6. The van der Waals surface area contributed by atoms with Crippen molar-refractivity contribution in [2.75, 3.05) is 6.54 Å². The molecule has 2 aliphatic rings. The summed E-state index contributed by atoms with van der Waals surface area (Å²) in [6, 6.07) is -0.383. The average Bonchev–Trinajstić information content (AvgIpc) is 2.96. The molecule has 3 N–H and O–H groups in total. The number of amides is 1. The van der Waals surface area contributed by atoms with Crippen LogP contribution < -0.4 is 10.6 Å². The van der Waals surface area contributed by atoms with Crippen molar-refractivity contribution in [2.45, 2.75) is 52.1 Å². The Morgan fingerprint density at radius 1 is 1.20 bits per heavy atom. The van der Waals surface area contributed by atoms with E-state index >= 15 is 0 Å². The highest BCUT2D eigenvalue weighted by Crippen LogP contribution is 2.48. The fourth-order valence-electron chi connectivity index (χ4n) is 3.71. The van der Waals surface area contributed by atoms with Gasteiger partial charge >= 0.3 is 5.97 Å². The smallest absolute Gasteiger partial charge is 0.308 e. The van der Waals surface area contributed by atoms with Crippen LogP contribution in [0.4, 0.5) is 0 Å². The first kappa shape index (κ1) is 15.3. The zero-order chi connectivity index (χ0) is 14.9. The van der Waals surface area contributed by atoms with Gasteiger partial charge in [0.2, 0.25) is 5.91 Å². The average molecular weight is 282 g/mol. The van der Waals surface area contributed by atoms with Crippen LogP contribution in [0.25, 0.3) is 0 Å². The molecule has 0 aromatic carbocycles. The van der Waals surface area contributed by atoms with E-state index in [0.29, 0.717) is 24.3 Å². The summed E-state index contributed by atoms with van der Waals surface area (Å²) in [6.45, 7) is 6.58. The number of carboxylic acid groups (broad SMARTS) is 1. The lowest BCUT2D eigenvalue weighted by atomic mass is 9.84.